The smallest absolute Gasteiger partial charge is 0.258 e. The quantitative estimate of drug-likeness (QED) is 0.781. The van der Waals surface area contributed by atoms with Gasteiger partial charge in [0.1, 0.15) is 10.6 Å². The van der Waals surface area contributed by atoms with E-state index in [2.05, 4.69) is 28.9 Å². The largest absolute Gasteiger partial charge is 0.382 e. The van der Waals surface area contributed by atoms with Crippen LogP contribution in [0.1, 0.15) is 56.3 Å². The van der Waals surface area contributed by atoms with Crippen molar-refractivity contribution in [1.29, 1.82) is 0 Å². The van der Waals surface area contributed by atoms with Crippen LogP contribution in [-0.2, 0) is 0 Å². The molecule has 4 N–H and O–H groups in total. The molecule has 1 amide bonds. The van der Waals surface area contributed by atoms with Gasteiger partial charge < -0.3 is 16.4 Å². The van der Waals surface area contributed by atoms with Crippen LogP contribution in [0.2, 0.25) is 0 Å². The van der Waals surface area contributed by atoms with Gasteiger partial charge in [-0.3, -0.25) is 4.79 Å². The molecule has 2 fully saturated rings. The van der Waals surface area contributed by atoms with Crippen LogP contribution >= 0.6 is 11.5 Å². The Hall–Kier alpha value is -1.30. The van der Waals surface area contributed by atoms with Gasteiger partial charge in [-0.05, 0) is 49.1 Å². The molecule has 21 heavy (non-hydrogen) atoms. The van der Waals surface area contributed by atoms with Gasteiger partial charge in [0.2, 0.25) is 0 Å². The minimum Gasteiger partial charge on any atom is -0.382 e. The number of hydrogen-bond donors (Lipinski definition) is 3. The van der Waals surface area contributed by atoms with E-state index in [4.69, 9.17) is 5.73 Å². The van der Waals surface area contributed by atoms with Crippen molar-refractivity contribution in [3.05, 3.63) is 5.56 Å². The standard InChI is InChI=1S/C15H24N4OS/c1-3-9-4-7-11(8(9)2)18-15-12(13(16)19-21-15)14(20)17-10-5-6-10/h8-11,18H,3-7H2,1-2H3,(H2,16,19)(H,17,20). The first-order chi connectivity index (χ1) is 10.1. The number of anilines is 2. The zero-order valence-electron chi connectivity index (χ0n) is 12.7. The van der Waals surface area contributed by atoms with Gasteiger partial charge in [0, 0.05) is 12.1 Å². The number of nitrogens with one attached hydrogen (secondary N) is 2. The molecule has 2 saturated carbocycles. The third-order valence-corrected chi connectivity index (χ3v) is 5.72. The highest BCUT2D eigenvalue weighted by molar-refractivity contribution is 7.11. The van der Waals surface area contributed by atoms with Gasteiger partial charge in [-0.1, -0.05) is 20.3 Å². The fourth-order valence-electron chi connectivity index (χ4n) is 3.30. The van der Waals surface area contributed by atoms with E-state index in [1.807, 2.05) is 0 Å². The Morgan fingerprint density at radius 3 is 2.76 bits per heavy atom. The first-order valence-electron chi connectivity index (χ1n) is 7.92. The average molecular weight is 308 g/mol. The van der Waals surface area contributed by atoms with Crippen molar-refractivity contribution in [2.75, 3.05) is 11.1 Å². The van der Waals surface area contributed by atoms with Crippen LogP contribution in [0, 0.1) is 11.8 Å². The van der Waals surface area contributed by atoms with E-state index in [1.54, 1.807) is 0 Å². The molecule has 0 bridgehead atoms. The van der Waals surface area contributed by atoms with Crippen LogP contribution < -0.4 is 16.4 Å². The van der Waals surface area contributed by atoms with Crippen molar-refractivity contribution < 1.29 is 4.79 Å². The van der Waals surface area contributed by atoms with E-state index in [-0.39, 0.29) is 5.91 Å². The van der Waals surface area contributed by atoms with E-state index < -0.39 is 0 Å². The summed E-state index contributed by atoms with van der Waals surface area (Å²) in [4.78, 5) is 12.3. The number of carbonyl (C=O) groups is 1. The molecule has 3 atom stereocenters. The maximum Gasteiger partial charge on any atom is 0.258 e. The number of amides is 1. The number of carbonyl (C=O) groups excluding carboxylic acids is 1. The van der Waals surface area contributed by atoms with E-state index in [1.165, 1.54) is 24.4 Å². The molecule has 0 aliphatic heterocycles. The minimum atomic E-state index is -0.0797. The molecule has 3 unspecified atom stereocenters. The molecule has 1 heterocycles. The third-order valence-electron chi connectivity index (χ3n) is 4.93. The number of nitrogens with two attached hydrogens (primary N) is 1. The number of aromatic nitrogens is 1. The lowest BCUT2D eigenvalue weighted by Gasteiger charge is -2.21. The van der Waals surface area contributed by atoms with Crippen molar-refractivity contribution in [3.8, 4) is 0 Å². The van der Waals surface area contributed by atoms with Crippen LogP contribution in [0.3, 0.4) is 0 Å². The Kier molecular flexibility index (Phi) is 4.06. The molecule has 1 aromatic rings. The molecule has 3 rings (SSSR count). The molecular formula is C15H24N4OS. The van der Waals surface area contributed by atoms with Crippen LogP contribution in [0.25, 0.3) is 0 Å². The van der Waals surface area contributed by atoms with Crippen LogP contribution in [0.5, 0.6) is 0 Å². The van der Waals surface area contributed by atoms with E-state index in [0.717, 1.165) is 30.2 Å². The summed E-state index contributed by atoms with van der Waals surface area (Å²) in [6.45, 7) is 4.55. The molecule has 116 valence electrons. The first-order valence-corrected chi connectivity index (χ1v) is 8.70. The second-order valence-corrected chi connectivity index (χ2v) is 7.15. The van der Waals surface area contributed by atoms with Crippen LogP contribution in [-0.4, -0.2) is 22.4 Å². The van der Waals surface area contributed by atoms with Crippen LogP contribution in [0.15, 0.2) is 0 Å². The maximum atomic E-state index is 12.3. The van der Waals surface area contributed by atoms with Gasteiger partial charge in [0.15, 0.2) is 5.82 Å². The van der Waals surface area contributed by atoms with Crippen molar-refractivity contribution in [1.82, 2.24) is 9.69 Å². The zero-order valence-corrected chi connectivity index (χ0v) is 13.5. The molecule has 5 nitrogen and oxygen atoms in total. The fraction of sp³-hybridized carbons (Fsp3) is 0.733. The van der Waals surface area contributed by atoms with Gasteiger partial charge in [-0.25, -0.2) is 0 Å². The molecule has 0 radical (unpaired) electrons. The number of nitrogens with zero attached hydrogens (tertiary/aromatic N) is 1. The Morgan fingerprint density at radius 1 is 1.38 bits per heavy atom. The lowest BCUT2D eigenvalue weighted by atomic mass is 9.93. The first kappa shape index (κ1) is 14.6. The predicted molar refractivity (Wildman–Crippen MR) is 86.6 cm³/mol. The average Bonchev–Trinajstić information content (AvgIpc) is 3.09. The molecule has 2 aliphatic carbocycles. The van der Waals surface area contributed by atoms with Crippen molar-refractivity contribution in [2.24, 2.45) is 11.8 Å². The summed E-state index contributed by atoms with van der Waals surface area (Å²) in [5.74, 6) is 1.66. The SMILES string of the molecule is CCC1CCC(Nc2snc(N)c2C(=O)NC2CC2)C1C. The van der Waals surface area contributed by atoms with Gasteiger partial charge >= 0.3 is 0 Å². The summed E-state index contributed by atoms with van der Waals surface area (Å²) >= 11 is 1.30. The second-order valence-electron chi connectivity index (χ2n) is 6.38. The topological polar surface area (TPSA) is 80.0 Å². The molecule has 0 aromatic carbocycles. The highest BCUT2D eigenvalue weighted by atomic mass is 32.1. The molecular weight excluding hydrogens is 284 g/mol. The fourth-order valence-corrected chi connectivity index (χ4v) is 4.08. The normalized spacial score (nSPS) is 28.6. The predicted octanol–water partition coefficient (Wildman–Crippen LogP) is 2.85. The summed E-state index contributed by atoms with van der Waals surface area (Å²) in [6, 6.07) is 0.752. The second kappa shape index (κ2) is 5.83. The third kappa shape index (κ3) is 3.00. The molecule has 0 saturated heterocycles. The molecule has 6 heteroatoms. The number of rotatable bonds is 5. The summed E-state index contributed by atoms with van der Waals surface area (Å²) in [7, 11) is 0. The van der Waals surface area contributed by atoms with Gasteiger partial charge in [-0.2, -0.15) is 4.37 Å². The summed E-state index contributed by atoms with van der Waals surface area (Å²) in [6.07, 6.45) is 5.78. The van der Waals surface area contributed by atoms with Gasteiger partial charge in [0.25, 0.3) is 5.91 Å². The molecule has 1 aromatic heterocycles. The minimum absolute atomic E-state index is 0.0797. The summed E-state index contributed by atoms with van der Waals surface area (Å²) < 4.78 is 4.17. The maximum absolute atomic E-state index is 12.3. The summed E-state index contributed by atoms with van der Waals surface area (Å²) in [5, 5.41) is 7.37. The van der Waals surface area contributed by atoms with Crippen LogP contribution in [0.4, 0.5) is 10.8 Å². The summed E-state index contributed by atoms with van der Waals surface area (Å²) in [5.41, 5.74) is 6.44. The Morgan fingerprint density at radius 2 is 2.14 bits per heavy atom. The van der Waals surface area contributed by atoms with E-state index in [9.17, 15) is 4.79 Å². The lowest BCUT2D eigenvalue weighted by Crippen LogP contribution is -2.29. The van der Waals surface area contributed by atoms with Crippen molar-refractivity contribution in [2.45, 2.75) is 58.0 Å². The van der Waals surface area contributed by atoms with E-state index >= 15 is 0 Å². The Labute approximate surface area is 129 Å². The zero-order chi connectivity index (χ0) is 15.0. The highest BCUT2D eigenvalue weighted by Gasteiger charge is 2.33. The number of hydrogen-bond acceptors (Lipinski definition) is 5. The van der Waals surface area contributed by atoms with E-state index in [0.29, 0.717) is 29.4 Å². The molecule has 2 aliphatic rings. The van der Waals surface area contributed by atoms with Crippen molar-refractivity contribution >= 4 is 28.3 Å². The highest BCUT2D eigenvalue weighted by Crippen LogP contribution is 2.38. The monoisotopic (exact) mass is 308 g/mol. The lowest BCUT2D eigenvalue weighted by molar-refractivity contribution is 0.0953. The Bertz CT molecular complexity index is 526. The molecule has 0 spiro atoms. The van der Waals surface area contributed by atoms with Gasteiger partial charge in [0.05, 0.1) is 0 Å². The van der Waals surface area contributed by atoms with Crippen molar-refractivity contribution in [3.63, 3.8) is 0 Å². The number of nitrogen functional groups attached to an aromatic ring is 1. The van der Waals surface area contributed by atoms with Gasteiger partial charge in [-0.15, -0.1) is 0 Å². The Balaban J connectivity index is 1.72.